The summed E-state index contributed by atoms with van der Waals surface area (Å²) in [5.74, 6) is -0.835. The molecular formula is C7H10NO3. The van der Waals surface area contributed by atoms with Crippen molar-refractivity contribution in [2.24, 2.45) is 0 Å². The van der Waals surface area contributed by atoms with Crippen molar-refractivity contribution >= 4 is 12.3 Å². The predicted molar refractivity (Wildman–Crippen MR) is 37.9 cm³/mol. The number of carboxylic acids is 1. The SMILES string of the molecule is O=[C]CN1CCCC1C(=O)O. The quantitative estimate of drug-likeness (QED) is 0.606. The number of hydrogen-bond donors (Lipinski definition) is 1. The predicted octanol–water partition coefficient (Wildman–Crippen LogP) is -0.355. The molecule has 1 unspecified atom stereocenters. The van der Waals surface area contributed by atoms with Crippen molar-refractivity contribution in [2.45, 2.75) is 18.9 Å². The van der Waals surface area contributed by atoms with Gasteiger partial charge in [0.05, 0.1) is 6.54 Å². The highest BCUT2D eigenvalue weighted by atomic mass is 16.4. The van der Waals surface area contributed by atoms with Crippen LogP contribution in [-0.4, -0.2) is 41.4 Å². The van der Waals surface area contributed by atoms with Gasteiger partial charge in [-0.1, -0.05) is 0 Å². The van der Waals surface area contributed by atoms with E-state index in [1.165, 1.54) is 0 Å². The Labute approximate surface area is 64.8 Å². The maximum absolute atomic E-state index is 10.5. The molecule has 4 nitrogen and oxygen atoms in total. The Balaban J connectivity index is 2.50. The van der Waals surface area contributed by atoms with Gasteiger partial charge in [-0.25, -0.2) is 0 Å². The van der Waals surface area contributed by atoms with Gasteiger partial charge in [0.15, 0.2) is 0 Å². The van der Waals surface area contributed by atoms with Crippen molar-refractivity contribution in [1.82, 2.24) is 4.90 Å². The van der Waals surface area contributed by atoms with Gasteiger partial charge in [0, 0.05) is 0 Å². The van der Waals surface area contributed by atoms with E-state index in [4.69, 9.17) is 5.11 Å². The Bertz CT molecular complexity index is 169. The molecule has 1 radical (unpaired) electrons. The van der Waals surface area contributed by atoms with Crippen LogP contribution in [0.5, 0.6) is 0 Å². The Morgan fingerprint density at radius 1 is 1.73 bits per heavy atom. The summed E-state index contributed by atoms with van der Waals surface area (Å²) in [6.45, 7) is 0.823. The lowest BCUT2D eigenvalue weighted by Crippen LogP contribution is -2.36. The highest BCUT2D eigenvalue weighted by Crippen LogP contribution is 2.15. The molecule has 0 aromatic carbocycles. The second-order valence-electron chi connectivity index (χ2n) is 2.61. The van der Waals surface area contributed by atoms with Gasteiger partial charge >= 0.3 is 5.97 Å². The van der Waals surface area contributed by atoms with Crippen LogP contribution in [0.1, 0.15) is 12.8 Å². The zero-order chi connectivity index (χ0) is 8.27. The lowest BCUT2D eigenvalue weighted by atomic mass is 10.2. The van der Waals surface area contributed by atoms with Crippen molar-refractivity contribution in [3.8, 4) is 0 Å². The number of nitrogens with zero attached hydrogens (tertiary/aromatic N) is 1. The van der Waals surface area contributed by atoms with Crippen LogP contribution in [0.3, 0.4) is 0 Å². The second kappa shape index (κ2) is 3.48. The van der Waals surface area contributed by atoms with Gasteiger partial charge in [-0.05, 0) is 19.4 Å². The minimum atomic E-state index is -0.835. The third-order valence-corrected chi connectivity index (χ3v) is 1.92. The van der Waals surface area contributed by atoms with Crippen LogP contribution in [0.4, 0.5) is 0 Å². The van der Waals surface area contributed by atoms with Gasteiger partial charge < -0.3 is 5.11 Å². The maximum atomic E-state index is 10.5. The lowest BCUT2D eigenvalue weighted by Gasteiger charge is -2.16. The summed E-state index contributed by atoms with van der Waals surface area (Å²) in [4.78, 5) is 22.1. The van der Waals surface area contributed by atoms with Crippen LogP contribution in [0.2, 0.25) is 0 Å². The maximum Gasteiger partial charge on any atom is 0.320 e. The van der Waals surface area contributed by atoms with Gasteiger partial charge in [-0.3, -0.25) is 14.5 Å². The van der Waals surface area contributed by atoms with E-state index in [-0.39, 0.29) is 6.54 Å². The van der Waals surface area contributed by atoms with Gasteiger partial charge in [0.25, 0.3) is 0 Å². The summed E-state index contributed by atoms with van der Waals surface area (Å²) >= 11 is 0. The van der Waals surface area contributed by atoms with E-state index < -0.39 is 12.0 Å². The molecule has 1 atom stereocenters. The molecule has 1 N–H and O–H groups in total. The van der Waals surface area contributed by atoms with Crippen molar-refractivity contribution in [2.75, 3.05) is 13.1 Å². The molecule has 0 spiro atoms. The van der Waals surface area contributed by atoms with E-state index in [2.05, 4.69) is 0 Å². The zero-order valence-corrected chi connectivity index (χ0v) is 6.12. The standard InChI is InChI=1S/C7H10NO3/c9-5-4-8-3-1-2-6(8)7(10)11/h6H,1-4H2,(H,10,11). The van der Waals surface area contributed by atoms with Crippen LogP contribution >= 0.6 is 0 Å². The minimum absolute atomic E-state index is 0.122. The fourth-order valence-electron chi connectivity index (χ4n) is 1.38. The molecule has 0 saturated carbocycles. The molecular weight excluding hydrogens is 146 g/mol. The van der Waals surface area contributed by atoms with Gasteiger partial charge in [-0.15, -0.1) is 0 Å². The summed E-state index contributed by atoms with van der Waals surface area (Å²) in [5.41, 5.74) is 0. The van der Waals surface area contributed by atoms with Crippen molar-refractivity contribution in [3.63, 3.8) is 0 Å². The third kappa shape index (κ3) is 1.77. The van der Waals surface area contributed by atoms with E-state index in [1.807, 2.05) is 0 Å². The molecule has 0 aromatic heterocycles. The highest BCUT2D eigenvalue weighted by Gasteiger charge is 2.29. The normalized spacial score (nSPS) is 25.3. The second-order valence-corrected chi connectivity index (χ2v) is 2.61. The van der Waals surface area contributed by atoms with Crippen molar-refractivity contribution < 1.29 is 14.7 Å². The molecule has 0 aliphatic carbocycles. The Morgan fingerprint density at radius 2 is 2.45 bits per heavy atom. The first-order valence-electron chi connectivity index (χ1n) is 3.57. The molecule has 1 rings (SSSR count). The lowest BCUT2D eigenvalue weighted by molar-refractivity contribution is -0.141. The van der Waals surface area contributed by atoms with Crippen LogP contribution < -0.4 is 0 Å². The number of rotatable bonds is 3. The summed E-state index contributed by atoms with van der Waals surface area (Å²) in [6, 6.07) is -0.462. The Hall–Kier alpha value is -0.900. The van der Waals surface area contributed by atoms with Gasteiger partial charge in [0.2, 0.25) is 6.29 Å². The van der Waals surface area contributed by atoms with Crippen LogP contribution in [0.25, 0.3) is 0 Å². The monoisotopic (exact) mass is 156 g/mol. The Kier molecular flexibility index (Phi) is 2.59. The molecule has 0 bridgehead atoms. The number of aliphatic carboxylic acids is 1. The first kappa shape index (κ1) is 8.20. The molecule has 1 heterocycles. The number of carbonyl (C=O) groups is 1. The minimum Gasteiger partial charge on any atom is -0.480 e. The van der Waals surface area contributed by atoms with Crippen LogP contribution in [0.15, 0.2) is 0 Å². The molecule has 0 amide bonds. The summed E-state index contributed by atoms with van der Waals surface area (Å²) in [6.07, 6.45) is 3.22. The molecule has 61 valence electrons. The number of carboxylic acid groups (broad SMARTS) is 1. The fourth-order valence-corrected chi connectivity index (χ4v) is 1.38. The van der Waals surface area contributed by atoms with Crippen molar-refractivity contribution in [1.29, 1.82) is 0 Å². The van der Waals surface area contributed by atoms with Crippen molar-refractivity contribution in [3.05, 3.63) is 0 Å². The summed E-state index contributed by atoms with van der Waals surface area (Å²) in [7, 11) is 0. The number of hydrogen-bond acceptors (Lipinski definition) is 3. The average molecular weight is 156 g/mol. The molecule has 1 fully saturated rings. The van der Waals surface area contributed by atoms with Gasteiger partial charge in [-0.2, -0.15) is 0 Å². The van der Waals surface area contributed by atoms with E-state index in [1.54, 1.807) is 11.2 Å². The first-order chi connectivity index (χ1) is 5.25. The molecule has 1 aliphatic rings. The summed E-state index contributed by atoms with van der Waals surface area (Å²) in [5, 5.41) is 8.64. The highest BCUT2D eigenvalue weighted by molar-refractivity contribution is 5.74. The molecule has 1 aliphatic heterocycles. The summed E-state index contributed by atoms with van der Waals surface area (Å²) < 4.78 is 0. The molecule has 0 aromatic rings. The smallest absolute Gasteiger partial charge is 0.320 e. The van der Waals surface area contributed by atoms with Crippen LogP contribution in [0, 0.1) is 0 Å². The first-order valence-corrected chi connectivity index (χ1v) is 3.57. The average Bonchev–Trinajstić information content (AvgIpc) is 2.36. The molecule has 1 saturated heterocycles. The third-order valence-electron chi connectivity index (χ3n) is 1.92. The van der Waals surface area contributed by atoms with E-state index in [9.17, 15) is 9.59 Å². The van der Waals surface area contributed by atoms with E-state index in [0.29, 0.717) is 13.0 Å². The fraction of sp³-hybridized carbons (Fsp3) is 0.714. The van der Waals surface area contributed by atoms with Crippen LogP contribution in [-0.2, 0) is 9.59 Å². The number of likely N-dealkylation sites (tertiary alicyclic amines) is 1. The molecule has 11 heavy (non-hydrogen) atoms. The zero-order valence-electron chi connectivity index (χ0n) is 6.12. The largest absolute Gasteiger partial charge is 0.480 e. The van der Waals surface area contributed by atoms with E-state index >= 15 is 0 Å². The number of carbonyl (C=O) groups excluding carboxylic acids is 1. The van der Waals surface area contributed by atoms with Gasteiger partial charge in [0.1, 0.15) is 6.04 Å². The molecule has 4 heteroatoms. The van der Waals surface area contributed by atoms with E-state index in [0.717, 1.165) is 6.42 Å². The topological polar surface area (TPSA) is 57.6 Å². The Morgan fingerprint density at radius 3 is 3.00 bits per heavy atom.